The predicted molar refractivity (Wildman–Crippen MR) is 89.7 cm³/mol. The van der Waals surface area contributed by atoms with Gasteiger partial charge in [0.15, 0.2) is 6.61 Å². The molecule has 0 aliphatic carbocycles. The average Bonchev–Trinajstić information content (AvgIpc) is 2.63. The largest absolute Gasteiger partial charge is 0.494 e. The molecule has 7 heteroatoms. The van der Waals surface area contributed by atoms with Gasteiger partial charge in [-0.15, -0.1) is 0 Å². The Bertz CT molecular complexity index is 719. The van der Waals surface area contributed by atoms with E-state index in [0.29, 0.717) is 17.9 Å². The number of hydrogen-bond acceptors (Lipinski definition) is 4. The SMILES string of the molecule is CCCOc1ccc(C(=O)NNC(=O)COc2cccc(F)c2)cc1. The van der Waals surface area contributed by atoms with Crippen molar-refractivity contribution in [2.45, 2.75) is 13.3 Å². The molecule has 2 N–H and O–H groups in total. The van der Waals surface area contributed by atoms with Gasteiger partial charge in [-0.1, -0.05) is 13.0 Å². The fourth-order valence-electron chi connectivity index (χ4n) is 1.86. The summed E-state index contributed by atoms with van der Waals surface area (Å²) in [4.78, 5) is 23.6. The lowest BCUT2D eigenvalue weighted by molar-refractivity contribution is -0.123. The summed E-state index contributed by atoms with van der Waals surface area (Å²) in [5.41, 5.74) is 4.87. The molecule has 0 bridgehead atoms. The molecule has 2 aromatic rings. The van der Waals surface area contributed by atoms with Crippen LogP contribution in [0.4, 0.5) is 4.39 Å². The van der Waals surface area contributed by atoms with Gasteiger partial charge >= 0.3 is 0 Å². The molecule has 2 aromatic carbocycles. The van der Waals surface area contributed by atoms with Crippen LogP contribution in [0, 0.1) is 5.82 Å². The van der Waals surface area contributed by atoms with Crippen molar-refractivity contribution in [3.05, 3.63) is 59.9 Å². The minimum absolute atomic E-state index is 0.226. The number of hydrazine groups is 1. The average molecular weight is 346 g/mol. The van der Waals surface area contributed by atoms with Gasteiger partial charge in [0, 0.05) is 11.6 Å². The second-order valence-corrected chi connectivity index (χ2v) is 5.12. The molecular formula is C18H19FN2O4. The van der Waals surface area contributed by atoms with E-state index in [0.717, 1.165) is 12.5 Å². The predicted octanol–water partition coefficient (Wildman–Crippen LogP) is 2.45. The van der Waals surface area contributed by atoms with E-state index >= 15 is 0 Å². The summed E-state index contributed by atoms with van der Waals surface area (Å²) in [6.45, 7) is 2.25. The number of halogens is 1. The van der Waals surface area contributed by atoms with E-state index in [1.165, 1.54) is 18.2 Å². The van der Waals surface area contributed by atoms with Crippen LogP contribution in [-0.4, -0.2) is 25.0 Å². The summed E-state index contributed by atoms with van der Waals surface area (Å²) in [5, 5.41) is 0. The fourth-order valence-corrected chi connectivity index (χ4v) is 1.86. The molecule has 0 unspecified atom stereocenters. The number of hydrogen-bond donors (Lipinski definition) is 2. The highest BCUT2D eigenvalue weighted by molar-refractivity contribution is 5.95. The topological polar surface area (TPSA) is 76.7 Å². The molecule has 132 valence electrons. The molecule has 0 aliphatic rings. The lowest BCUT2D eigenvalue weighted by atomic mass is 10.2. The second-order valence-electron chi connectivity index (χ2n) is 5.12. The van der Waals surface area contributed by atoms with E-state index in [1.807, 2.05) is 6.92 Å². The van der Waals surface area contributed by atoms with Crippen LogP contribution in [0.25, 0.3) is 0 Å². The molecule has 0 radical (unpaired) electrons. The lowest BCUT2D eigenvalue weighted by Gasteiger charge is -2.09. The normalized spacial score (nSPS) is 10.0. The van der Waals surface area contributed by atoms with E-state index in [-0.39, 0.29) is 12.4 Å². The van der Waals surface area contributed by atoms with E-state index in [9.17, 15) is 14.0 Å². The van der Waals surface area contributed by atoms with E-state index in [4.69, 9.17) is 9.47 Å². The van der Waals surface area contributed by atoms with Crippen LogP contribution in [-0.2, 0) is 4.79 Å². The monoisotopic (exact) mass is 346 g/mol. The molecule has 0 aromatic heterocycles. The summed E-state index contributed by atoms with van der Waals surface area (Å²) in [6.07, 6.45) is 0.895. The van der Waals surface area contributed by atoms with Crippen molar-refractivity contribution in [3.8, 4) is 11.5 Å². The number of amides is 2. The molecule has 6 nitrogen and oxygen atoms in total. The molecule has 0 saturated heterocycles. The third-order valence-electron chi connectivity index (χ3n) is 3.07. The highest BCUT2D eigenvalue weighted by Crippen LogP contribution is 2.12. The van der Waals surface area contributed by atoms with Crippen molar-refractivity contribution in [1.82, 2.24) is 10.9 Å². The van der Waals surface area contributed by atoms with Gasteiger partial charge in [0.1, 0.15) is 17.3 Å². The Labute approximate surface area is 144 Å². The van der Waals surface area contributed by atoms with Crippen molar-refractivity contribution in [2.75, 3.05) is 13.2 Å². The van der Waals surface area contributed by atoms with Crippen molar-refractivity contribution in [1.29, 1.82) is 0 Å². The molecule has 0 spiro atoms. The Hall–Kier alpha value is -3.09. The highest BCUT2D eigenvalue weighted by Gasteiger charge is 2.08. The summed E-state index contributed by atoms with van der Waals surface area (Å²) in [5.74, 6) is -0.602. The standard InChI is InChI=1S/C18H19FN2O4/c1-2-10-24-15-8-6-13(7-9-15)18(23)21-20-17(22)12-25-16-5-3-4-14(19)11-16/h3-9,11H,2,10,12H2,1H3,(H,20,22)(H,21,23). The zero-order valence-electron chi connectivity index (χ0n) is 13.8. The first-order valence-corrected chi connectivity index (χ1v) is 7.79. The number of benzene rings is 2. The summed E-state index contributed by atoms with van der Waals surface area (Å²) >= 11 is 0. The van der Waals surface area contributed by atoms with Gasteiger partial charge in [-0.3, -0.25) is 20.4 Å². The Morgan fingerprint density at radius 3 is 2.44 bits per heavy atom. The third-order valence-corrected chi connectivity index (χ3v) is 3.07. The molecular weight excluding hydrogens is 327 g/mol. The smallest absolute Gasteiger partial charge is 0.276 e. The molecule has 0 fully saturated rings. The van der Waals surface area contributed by atoms with Gasteiger partial charge in [-0.2, -0.15) is 0 Å². The second kappa shape index (κ2) is 9.27. The van der Waals surface area contributed by atoms with Crippen molar-refractivity contribution >= 4 is 11.8 Å². The maximum atomic E-state index is 13.0. The van der Waals surface area contributed by atoms with E-state index < -0.39 is 17.6 Å². The van der Waals surface area contributed by atoms with Gasteiger partial charge in [0.05, 0.1) is 6.61 Å². The minimum atomic E-state index is -0.569. The number of rotatable bonds is 7. The van der Waals surface area contributed by atoms with Gasteiger partial charge in [0.2, 0.25) is 0 Å². The van der Waals surface area contributed by atoms with Crippen LogP contribution in [0.2, 0.25) is 0 Å². The molecule has 0 aliphatic heterocycles. The van der Waals surface area contributed by atoms with Crippen LogP contribution in [0.5, 0.6) is 11.5 Å². The maximum Gasteiger partial charge on any atom is 0.276 e. The number of ether oxygens (including phenoxy) is 2. The summed E-state index contributed by atoms with van der Waals surface area (Å²) in [6, 6.07) is 12.0. The Morgan fingerprint density at radius 1 is 1.00 bits per heavy atom. The van der Waals surface area contributed by atoms with Crippen LogP contribution >= 0.6 is 0 Å². The molecule has 2 rings (SSSR count). The molecule has 0 saturated carbocycles. The third kappa shape index (κ3) is 6.14. The summed E-state index contributed by atoms with van der Waals surface area (Å²) < 4.78 is 23.5. The lowest BCUT2D eigenvalue weighted by Crippen LogP contribution is -2.43. The molecule has 0 atom stereocenters. The summed E-state index contributed by atoms with van der Waals surface area (Å²) in [7, 11) is 0. The molecule has 2 amide bonds. The van der Waals surface area contributed by atoms with E-state index in [2.05, 4.69) is 10.9 Å². The fraction of sp³-hybridized carbons (Fsp3) is 0.222. The van der Waals surface area contributed by atoms with Gasteiger partial charge < -0.3 is 9.47 Å². The maximum absolute atomic E-state index is 13.0. The molecule has 25 heavy (non-hydrogen) atoms. The quantitative estimate of drug-likeness (QED) is 0.755. The highest BCUT2D eigenvalue weighted by atomic mass is 19.1. The van der Waals surface area contributed by atoms with Crippen LogP contribution in [0.1, 0.15) is 23.7 Å². The van der Waals surface area contributed by atoms with Crippen molar-refractivity contribution in [3.63, 3.8) is 0 Å². The Morgan fingerprint density at radius 2 is 1.76 bits per heavy atom. The first-order chi connectivity index (χ1) is 12.1. The van der Waals surface area contributed by atoms with Crippen LogP contribution in [0.15, 0.2) is 48.5 Å². The van der Waals surface area contributed by atoms with E-state index in [1.54, 1.807) is 24.3 Å². The van der Waals surface area contributed by atoms with Gasteiger partial charge in [-0.25, -0.2) is 4.39 Å². The van der Waals surface area contributed by atoms with Crippen molar-refractivity contribution in [2.24, 2.45) is 0 Å². The Kier molecular flexibility index (Phi) is 6.76. The molecule has 0 heterocycles. The number of carbonyl (C=O) groups is 2. The van der Waals surface area contributed by atoms with Crippen molar-refractivity contribution < 1.29 is 23.5 Å². The zero-order valence-corrected chi connectivity index (χ0v) is 13.8. The first-order valence-electron chi connectivity index (χ1n) is 7.79. The minimum Gasteiger partial charge on any atom is -0.494 e. The number of nitrogens with one attached hydrogen (secondary N) is 2. The van der Waals surface area contributed by atoms with Crippen LogP contribution < -0.4 is 20.3 Å². The van der Waals surface area contributed by atoms with Crippen LogP contribution in [0.3, 0.4) is 0 Å². The zero-order chi connectivity index (χ0) is 18.1. The first kappa shape index (κ1) is 18.3. The van der Waals surface area contributed by atoms with Gasteiger partial charge in [0.25, 0.3) is 11.8 Å². The van der Waals surface area contributed by atoms with Gasteiger partial charge in [-0.05, 0) is 42.8 Å². The number of carbonyl (C=O) groups excluding carboxylic acids is 2. The Balaban J connectivity index is 1.76.